The van der Waals surface area contributed by atoms with Gasteiger partial charge >= 0.3 is 0 Å². The first kappa shape index (κ1) is 36.2. The number of piperidine rings is 1. The van der Waals surface area contributed by atoms with Gasteiger partial charge in [-0.15, -0.1) is 0 Å². The number of nitrogens with one attached hydrogen (secondary N) is 4. The number of carbonyl (C=O) groups excluding carboxylic acids is 3. The summed E-state index contributed by atoms with van der Waals surface area (Å²) >= 11 is 6.55. The molecule has 0 radical (unpaired) electrons. The van der Waals surface area contributed by atoms with Crippen molar-refractivity contribution in [3.8, 4) is 5.75 Å². The first-order chi connectivity index (χ1) is 26.4. The van der Waals surface area contributed by atoms with Crippen molar-refractivity contribution in [2.45, 2.75) is 51.0 Å². The molecule has 55 heavy (non-hydrogen) atoms. The number of rotatable bonds is 9. The topological polar surface area (TPSA) is 190 Å². The minimum absolute atomic E-state index is 0.0408. The van der Waals surface area contributed by atoms with Crippen molar-refractivity contribution in [3.05, 3.63) is 63.8 Å². The molecule has 0 bridgehead atoms. The Morgan fingerprint density at radius 1 is 1.07 bits per heavy atom. The lowest BCUT2D eigenvalue weighted by Gasteiger charge is -2.55. The highest BCUT2D eigenvalue weighted by molar-refractivity contribution is 6.33. The number of benzene rings is 1. The Morgan fingerprint density at radius 3 is 2.65 bits per heavy atom. The van der Waals surface area contributed by atoms with E-state index in [1.54, 1.807) is 25.5 Å². The number of carbonyl (C=O) groups is 3. The highest BCUT2D eigenvalue weighted by atomic mass is 35.5. The fourth-order valence-corrected chi connectivity index (χ4v) is 8.47. The van der Waals surface area contributed by atoms with E-state index in [-0.39, 0.29) is 35.5 Å². The van der Waals surface area contributed by atoms with E-state index in [0.29, 0.717) is 64.0 Å². The Labute approximate surface area is 321 Å². The summed E-state index contributed by atoms with van der Waals surface area (Å²) in [5, 5.41) is 18.6. The lowest BCUT2D eigenvalue weighted by Crippen LogP contribution is -2.60. The Bertz CT molecular complexity index is 2420. The molecule has 1 saturated carbocycles. The number of hydrogen-bond donors (Lipinski definition) is 4. The molecular formula is C38H42ClN11O5. The number of ether oxygens (including phenoxy) is 1. The lowest BCUT2D eigenvalue weighted by atomic mass is 9.64. The standard InChI is InChI=1S/C38H42ClN11O5/c1-20-14-38(10-9-27(20)43-22-5-6-24-28(13-22)49(4)47-32(24)25-7-8-30(51)45-35(25)53)18-50(19-38)37-42-16-26(39)33(46-37)44-23-11-21-12-29(55-17-31(52)40-2)36(54)48(3)34(21)41-15-23/h5-6,11-13,15-16,20,25,27,43H,7-10,14,17-19H2,1-4H3,(H,40,52)(H,42,44,46)(H,45,51,53)/t20-,25?,27-/m0/s1. The third-order valence-corrected chi connectivity index (χ3v) is 11.5. The van der Waals surface area contributed by atoms with Crippen LogP contribution in [-0.2, 0) is 28.5 Å². The van der Waals surface area contributed by atoms with Gasteiger partial charge in [0.1, 0.15) is 10.7 Å². The minimum Gasteiger partial charge on any atom is -0.478 e. The van der Waals surface area contributed by atoms with E-state index < -0.39 is 11.5 Å². The molecular weight excluding hydrogens is 726 g/mol. The van der Waals surface area contributed by atoms with Gasteiger partial charge in [-0.05, 0) is 61.9 Å². The Balaban J connectivity index is 0.906. The molecule has 16 nitrogen and oxygen atoms in total. The molecule has 1 unspecified atom stereocenters. The Hall–Kier alpha value is -5.77. The number of aromatic nitrogens is 6. The van der Waals surface area contributed by atoms with Crippen LogP contribution in [0.15, 0.2) is 47.5 Å². The number of imide groups is 1. The number of pyridine rings is 2. The molecule has 5 aromatic rings. The van der Waals surface area contributed by atoms with Crippen molar-refractivity contribution >= 4 is 74.4 Å². The average Bonchev–Trinajstić information content (AvgIpc) is 3.47. The number of likely N-dealkylation sites (N-methyl/N-ethyl adjacent to an activating group) is 1. The van der Waals surface area contributed by atoms with Gasteiger partial charge in [0.05, 0.1) is 35.2 Å². The van der Waals surface area contributed by atoms with Crippen LogP contribution in [0.5, 0.6) is 5.75 Å². The largest absolute Gasteiger partial charge is 0.478 e. The molecule has 17 heteroatoms. The van der Waals surface area contributed by atoms with Gasteiger partial charge in [0.25, 0.3) is 11.5 Å². The van der Waals surface area contributed by atoms with Crippen molar-refractivity contribution in [1.82, 2.24) is 39.9 Å². The zero-order valence-corrected chi connectivity index (χ0v) is 31.7. The van der Waals surface area contributed by atoms with Crippen LogP contribution in [-0.4, -0.2) is 79.8 Å². The molecule has 2 saturated heterocycles. The van der Waals surface area contributed by atoms with Gasteiger partial charge < -0.3 is 25.6 Å². The summed E-state index contributed by atoms with van der Waals surface area (Å²) in [6.07, 6.45) is 7.13. The fraction of sp³-hybridized carbons (Fsp3) is 0.421. The number of hydrogen-bond acceptors (Lipinski definition) is 12. The SMILES string of the molecule is CNC(=O)COc1cc2cc(Nc3nc(N4CC5(CC[C@H](Nc6ccc7c(C8CCC(=O)NC8=O)nn(C)c7c6)[C@@H](C)C5)C4)ncc3Cl)cnc2n(C)c1=O. The quantitative estimate of drug-likeness (QED) is 0.159. The van der Waals surface area contributed by atoms with Crippen molar-refractivity contribution in [3.63, 3.8) is 0 Å². The monoisotopic (exact) mass is 767 g/mol. The normalized spacial score (nSPS) is 20.7. The molecule has 8 rings (SSSR count). The molecule has 3 amide bonds. The van der Waals surface area contributed by atoms with E-state index >= 15 is 0 Å². The van der Waals surface area contributed by atoms with Crippen LogP contribution in [0.2, 0.25) is 5.02 Å². The summed E-state index contributed by atoms with van der Waals surface area (Å²) in [5.74, 6) is 0.195. The predicted molar refractivity (Wildman–Crippen MR) is 208 cm³/mol. The Morgan fingerprint density at radius 2 is 1.89 bits per heavy atom. The van der Waals surface area contributed by atoms with Gasteiger partial charge in [0.2, 0.25) is 17.8 Å². The van der Waals surface area contributed by atoms with Gasteiger partial charge in [0.15, 0.2) is 18.2 Å². The number of nitrogens with zero attached hydrogens (tertiary/aromatic N) is 7. The van der Waals surface area contributed by atoms with Gasteiger partial charge in [-0.2, -0.15) is 10.1 Å². The van der Waals surface area contributed by atoms with Crippen molar-refractivity contribution < 1.29 is 19.1 Å². The van der Waals surface area contributed by atoms with Gasteiger partial charge in [-0.25, -0.2) is 9.97 Å². The summed E-state index contributed by atoms with van der Waals surface area (Å²) < 4.78 is 8.67. The second-order valence-corrected chi connectivity index (χ2v) is 15.4. The van der Waals surface area contributed by atoms with Gasteiger partial charge in [0, 0.05) is 68.6 Å². The minimum atomic E-state index is -0.433. The second-order valence-electron chi connectivity index (χ2n) is 15.0. The van der Waals surface area contributed by atoms with Gasteiger partial charge in [-0.1, -0.05) is 18.5 Å². The molecule has 1 aliphatic carbocycles. The van der Waals surface area contributed by atoms with Gasteiger partial charge in [-0.3, -0.25) is 33.7 Å². The molecule has 1 aromatic carbocycles. The lowest BCUT2D eigenvalue weighted by molar-refractivity contribution is -0.134. The smallest absolute Gasteiger partial charge is 0.294 e. The van der Waals surface area contributed by atoms with E-state index in [2.05, 4.69) is 60.3 Å². The van der Waals surface area contributed by atoms with E-state index in [1.807, 2.05) is 23.9 Å². The number of fused-ring (bicyclic) bond motifs is 2. The summed E-state index contributed by atoms with van der Waals surface area (Å²) in [5.41, 5.74) is 3.51. The van der Waals surface area contributed by atoms with Crippen LogP contribution in [0.4, 0.5) is 23.1 Å². The summed E-state index contributed by atoms with van der Waals surface area (Å²) in [6.45, 7) is 3.72. The van der Waals surface area contributed by atoms with Crippen LogP contribution in [0.25, 0.3) is 21.9 Å². The average molecular weight is 768 g/mol. The predicted octanol–water partition coefficient (Wildman–Crippen LogP) is 3.76. The van der Waals surface area contributed by atoms with Crippen molar-refractivity contribution in [2.75, 3.05) is 42.3 Å². The molecule has 4 N–H and O–H groups in total. The third kappa shape index (κ3) is 6.90. The van der Waals surface area contributed by atoms with Crippen LogP contribution >= 0.6 is 11.6 Å². The van der Waals surface area contributed by atoms with Crippen molar-refractivity contribution in [1.29, 1.82) is 0 Å². The molecule has 3 atom stereocenters. The number of aryl methyl sites for hydroxylation is 2. The van der Waals surface area contributed by atoms with Crippen LogP contribution < -0.4 is 36.5 Å². The molecule has 286 valence electrons. The second kappa shape index (κ2) is 14.1. The molecule has 3 aliphatic rings. The molecule has 6 heterocycles. The summed E-state index contributed by atoms with van der Waals surface area (Å²) in [7, 11) is 4.98. The van der Waals surface area contributed by atoms with E-state index in [1.165, 1.54) is 11.6 Å². The zero-order chi connectivity index (χ0) is 38.6. The third-order valence-electron chi connectivity index (χ3n) is 11.2. The van der Waals surface area contributed by atoms with Crippen LogP contribution in [0.3, 0.4) is 0 Å². The van der Waals surface area contributed by atoms with Crippen LogP contribution in [0, 0.1) is 11.3 Å². The molecule has 1 spiro atoms. The maximum Gasteiger partial charge on any atom is 0.294 e. The maximum atomic E-state index is 12.8. The molecule has 4 aromatic heterocycles. The Kier molecular flexibility index (Phi) is 9.31. The number of halogens is 1. The summed E-state index contributed by atoms with van der Waals surface area (Å²) in [4.78, 5) is 64.7. The van der Waals surface area contributed by atoms with Crippen molar-refractivity contribution in [2.24, 2.45) is 25.4 Å². The first-order valence-corrected chi connectivity index (χ1v) is 18.7. The maximum absolute atomic E-state index is 12.8. The van der Waals surface area contributed by atoms with E-state index in [4.69, 9.17) is 21.3 Å². The molecule has 3 fully saturated rings. The zero-order valence-electron chi connectivity index (χ0n) is 31.0. The van der Waals surface area contributed by atoms with E-state index in [0.717, 1.165) is 48.9 Å². The first-order valence-electron chi connectivity index (χ1n) is 18.3. The molecule has 2 aliphatic heterocycles. The van der Waals surface area contributed by atoms with E-state index in [9.17, 15) is 19.2 Å². The fourth-order valence-electron chi connectivity index (χ4n) is 8.33. The summed E-state index contributed by atoms with van der Waals surface area (Å²) in [6, 6.07) is 9.87. The number of anilines is 4. The number of amides is 3. The highest BCUT2D eigenvalue weighted by Crippen LogP contribution is 2.48. The highest BCUT2D eigenvalue weighted by Gasteiger charge is 2.48. The van der Waals surface area contributed by atoms with Crippen LogP contribution in [0.1, 0.15) is 50.6 Å².